The van der Waals surface area contributed by atoms with E-state index in [0.717, 1.165) is 11.3 Å². The third kappa shape index (κ3) is 6.61. The van der Waals surface area contributed by atoms with Crippen LogP contribution in [-0.2, 0) is 4.79 Å². The molecule has 2 aromatic rings. The Balaban J connectivity index is 2.11. The van der Waals surface area contributed by atoms with Crippen LogP contribution in [0.2, 0.25) is 0 Å². The van der Waals surface area contributed by atoms with Crippen LogP contribution in [0.3, 0.4) is 0 Å². The van der Waals surface area contributed by atoms with Gasteiger partial charge < -0.3 is 24.4 Å². The highest BCUT2D eigenvalue weighted by Crippen LogP contribution is 2.38. The molecule has 178 valence electrons. The molecule has 2 rings (SSSR count). The van der Waals surface area contributed by atoms with Crippen LogP contribution >= 0.6 is 0 Å². The van der Waals surface area contributed by atoms with Crippen molar-refractivity contribution in [2.75, 3.05) is 40.3 Å². The second kappa shape index (κ2) is 11.8. The van der Waals surface area contributed by atoms with Gasteiger partial charge in [-0.1, -0.05) is 26.0 Å². The molecule has 0 spiro atoms. The largest absolute Gasteiger partial charge is 0.493 e. The molecule has 0 bridgehead atoms. The average molecular weight is 457 g/mol. The number of methoxy groups -OCH3 is 3. The van der Waals surface area contributed by atoms with Gasteiger partial charge in [0.15, 0.2) is 11.5 Å². The highest BCUT2D eigenvalue weighted by molar-refractivity contribution is 5.98. The Bertz CT molecular complexity index is 962. The molecule has 0 aliphatic heterocycles. The van der Waals surface area contributed by atoms with Gasteiger partial charge in [0.05, 0.1) is 27.5 Å². The van der Waals surface area contributed by atoms with Crippen molar-refractivity contribution in [1.29, 1.82) is 0 Å². The van der Waals surface area contributed by atoms with Gasteiger partial charge in [-0.3, -0.25) is 9.59 Å². The van der Waals surface area contributed by atoms with E-state index in [1.807, 2.05) is 57.1 Å². The van der Waals surface area contributed by atoms with Gasteiger partial charge in [0.25, 0.3) is 11.8 Å². The first-order valence-corrected chi connectivity index (χ1v) is 10.4. The zero-order valence-corrected chi connectivity index (χ0v) is 20.1. The summed E-state index contributed by atoms with van der Waals surface area (Å²) in [5.74, 6) is 0.0152. The van der Waals surface area contributed by atoms with E-state index in [9.17, 15) is 9.59 Å². The number of carbonyl (C=O) groups is 2. The minimum Gasteiger partial charge on any atom is -0.493 e. The lowest BCUT2D eigenvalue weighted by Crippen LogP contribution is -2.48. The van der Waals surface area contributed by atoms with Crippen LogP contribution in [0.25, 0.3) is 0 Å². The number of ether oxygens (including phenoxy) is 3. The van der Waals surface area contributed by atoms with Crippen molar-refractivity contribution in [2.24, 2.45) is 11.0 Å². The predicted molar refractivity (Wildman–Crippen MR) is 129 cm³/mol. The van der Waals surface area contributed by atoms with Gasteiger partial charge in [-0.2, -0.15) is 5.10 Å². The van der Waals surface area contributed by atoms with Crippen molar-refractivity contribution in [2.45, 2.75) is 19.9 Å². The monoisotopic (exact) mass is 456 g/mol. The van der Waals surface area contributed by atoms with E-state index >= 15 is 0 Å². The van der Waals surface area contributed by atoms with Gasteiger partial charge in [-0.15, -0.1) is 0 Å². The molecule has 0 aromatic heterocycles. The Morgan fingerprint density at radius 3 is 2.00 bits per heavy atom. The second-order valence-corrected chi connectivity index (χ2v) is 7.83. The number of nitrogens with one attached hydrogen (secondary N) is 2. The van der Waals surface area contributed by atoms with Gasteiger partial charge in [0, 0.05) is 25.3 Å². The molecule has 33 heavy (non-hydrogen) atoms. The van der Waals surface area contributed by atoms with Gasteiger partial charge in [-0.25, -0.2) is 5.43 Å². The Morgan fingerprint density at radius 2 is 1.55 bits per heavy atom. The lowest BCUT2D eigenvalue weighted by molar-refractivity contribution is -0.123. The van der Waals surface area contributed by atoms with E-state index in [0.29, 0.717) is 17.2 Å². The summed E-state index contributed by atoms with van der Waals surface area (Å²) in [6.45, 7) is 3.67. The van der Waals surface area contributed by atoms with Gasteiger partial charge >= 0.3 is 0 Å². The molecule has 0 saturated heterocycles. The number of carbonyl (C=O) groups excluding carboxylic acids is 2. The number of rotatable bonds is 10. The van der Waals surface area contributed by atoms with Gasteiger partial charge in [-0.05, 0) is 35.7 Å². The number of amides is 2. The molecule has 0 saturated carbocycles. The quantitative estimate of drug-likeness (QED) is 0.421. The smallest absolute Gasteiger partial charge is 0.262 e. The summed E-state index contributed by atoms with van der Waals surface area (Å²) < 4.78 is 15.9. The van der Waals surface area contributed by atoms with E-state index in [1.165, 1.54) is 33.5 Å². The minimum absolute atomic E-state index is 0.175. The number of hydrogen-bond acceptors (Lipinski definition) is 7. The Kier molecular flexibility index (Phi) is 9.08. The van der Waals surface area contributed by atoms with Crippen molar-refractivity contribution in [3.63, 3.8) is 0 Å². The maximum absolute atomic E-state index is 12.9. The Morgan fingerprint density at radius 1 is 0.970 bits per heavy atom. The fraction of sp³-hybridized carbons (Fsp3) is 0.375. The lowest BCUT2D eigenvalue weighted by Gasteiger charge is -2.21. The van der Waals surface area contributed by atoms with Gasteiger partial charge in [0.1, 0.15) is 6.04 Å². The first kappa shape index (κ1) is 25.5. The van der Waals surface area contributed by atoms with Crippen LogP contribution in [0.1, 0.15) is 29.8 Å². The van der Waals surface area contributed by atoms with E-state index < -0.39 is 17.9 Å². The van der Waals surface area contributed by atoms with E-state index in [1.54, 1.807) is 6.21 Å². The lowest BCUT2D eigenvalue weighted by atomic mass is 10.0. The molecule has 0 aliphatic carbocycles. The molecular weight excluding hydrogens is 424 g/mol. The van der Waals surface area contributed by atoms with Crippen molar-refractivity contribution in [3.8, 4) is 17.2 Å². The maximum Gasteiger partial charge on any atom is 0.262 e. The third-order valence-corrected chi connectivity index (χ3v) is 4.96. The number of hydrazone groups is 1. The summed E-state index contributed by atoms with van der Waals surface area (Å²) in [5, 5.41) is 6.79. The number of hydrogen-bond donors (Lipinski definition) is 2. The first-order chi connectivity index (χ1) is 15.7. The van der Waals surface area contributed by atoms with Crippen molar-refractivity contribution >= 4 is 23.7 Å². The molecular formula is C24H32N4O5. The molecule has 9 nitrogen and oxygen atoms in total. The average Bonchev–Trinajstić information content (AvgIpc) is 2.81. The molecule has 1 atom stereocenters. The van der Waals surface area contributed by atoms with Gasteiger partial charge in [0.2, 0.25) is 5.75 Å². The molecule has 0 aliphatic rings. The van der Waals surface area contributed by atoms with Crippen LogP contribution < -0.4 is 29.9 Å². The third-order valence-electron chi connectivity index (χ3n) is 4.96. The van der Waals surface area contributed by atoms with E-state index in [2.05, 4.69) is 15.8 Å². The normalized spacial score (nSPS) is 11.8. The summed E-state index contributed by atoms with van der Waals surface area (Å²) in [4.78, 5) is 27.6. The first-order valence-electron chi connectivity index (χ1n) is 10.4. The van der Waals surface area contributed by atoms with Crippen LogP contribution in [0, 0.1) is 5.92 Å². The predicted octanol–water partition coefficient (Wildman–Crippen LogP) is 2.68. The second-order valence-electron chi connectivity index (χ2n) is 7.83. The Hall–Kier alpha value is -3.75. The van der Waals surface area contributed by atoms with Crippen LogP contribution in [0.4, 0.5) is 5.69 Å². The fourth-order valence-corrected chi connectivity index (χ4v) is 3.07. The van der Waals surface area contributed by atoms with E-state index in [4.69, 9.17) is 14.2 Å². The van der Waals surface area contributed by atoms with Crippen molar-refractivity contribution < 1.29 is 23.8 Å². The highest BCUT2D eigenvalue weighted by atomic mass is 16.5. The maximum atomic E-state index is 12.9. The molecule has 0 radical (unpaired) electrons. The van der Waals surface area contributed by atoms with Crippen molar-refractivity contribution in [1.82, 2.24) is 10.7 Å². The molecule has 1 unspecified atom stereocenters. The molecule has 0 heterocycles. The molecule has 2 N–H and O–H groups in total. The van der Waals surface area contributed by atoms with Crippen LogP contribution in [-0.4, -0.2) is 59.5 Å². The van der Waals surface area contributed by atoms with Crippen LogP contribution in [0.15, 0.2) is 41.5 Å². The summed E-state index contributed by atoms with van der Waals surface area (Å²) >= 11 is 0. The summed E-state index contributed by atoms with van der Waals surface area (Å²) in [5.41, 5.74) is 4.67. The number of nitrogens with zero attached hydrogens (tertiary/aromatic N) is 2. The van der Waals surface area contributed by atoms with Crippen LogP contribution in [0.5, 0.6) is 17.2 Å². The fourth-order valence-electron chi connectivity index (χ4n) is 3.07. The summed E-state index contributed by atoms with van der Waals surface area (Å²) in [7, 11) is 8.34. The standard InChI is InChI=1S/C24H32N4O5/c1-15(2)21(24(30)27-25-14-16-8-10-18(11-9-16)28(3)4)26-23(29)17-12-19(31-5)22(33-7)20(13-17)32-6/h8-15,21H,1-7H3,(H,26,29)(H,27,30). The molecule has 2 amide bonds. The zero-order chi connectivity index (χ0) is 24.5. The summed E-state index contributed by atoms with van der Waals surface area (Å²) in [6, 6.07) is 9.97. The Labute approximate surface area is 194 Å². The van der Waals surface area contributed by atoms with Crippen molar-refractivity contribution in [3.05, 3.63) is 47.5 Å². The topological polar surface area (TPSA) is 101 Å². The SMILES string of the molecule is COc1cc(C(=O)NC(C(=O)NN=Cc2ccc(N(C)C)cc2)C(C)C)cc(OC)c1OC. The molecule has 9 heteroatoms. The summed E-state index contributed by atoms with van der Waals surface area (Å²) in [6.07, 6.45) is 1.55. The molecule has 0 fully saturated rings. The zero-order valence-electron chi connectivity index (χ0n) is 20.1. The van der Waals surface area contributed by atoms with E-state index in [-0.39, 0.29) is 11.5 Å². The minimum atomic E-state index is -0.801. The number of anilines is 1. The highest BCUT2D eigenvalue weighted by Gasteiger charge is 2.26. The molecule has 2 aromatic carbocycles. The number of benzene rings is 2.